The Kier molecular flexibility index (Phi) is 5.34. The van der Waals surface area contributed by atoms with Crippen molar-refractivity contribution < 1.29 is 9.53 Å². The summed E-state index contributed by atoms with van der Waals surface area (Å²) in [4.78, 5) is 14.6. The second-order valence-electron chi connectivity index (χ2n) is 6.08. The summed E-state index contributed by atoms with van der Waals surface area (Å²) < 4.78 is 5.65. The Morgan fingerprint density at radius 3 is 3.05 bits per heavy atom. The first kappa shape index (κ1) is 15.8. The molecule has 2 aliphatic rings. The molecule has 2 atom stereocenters. The van der Waals surface area contributed by atoms with Crippen LogP contribution in [0, 0.1) is 0 Å². The molecule has 22 heavy (non-hydrogen) atoms. The Hall–Kier alpha value is -1.10. The highest BCUT2D eigenvalue weighted by Crippen LogP contribution is 2.25. The molecule has 2 fully saturated rings. The summed E-state index contributed by atoms with van der Waals surface area (Å²) in [7, 11) is 0. The smallest absolute Gasteiger partial charge is 0.225 e. The number of hydrogen-bond acceptors (Lipinski definition) is 3. The van der Waals surface area contributed by atoms with Crippen LogP contribution in [0.25, 0.3) is 0 Å². The lowest BCUT2D eigenvalue weighted by Gasteiger charge is -2.29. The number of nitrogens with zero attached hydrogens (tertiary/aromatic N) is 1. The van der Waals surface area contributed by atoms with Crippen molar-refractivity contribution in [3.05, 3.63) is 34.9 Å². The van der Waals surface area contributed by atoms with Gasteiger partial charge in [0, 0.05) is 30.7 Å². The molecule has 0 radical (unpaired) electrons. The Bertz CT molecular complexity index is 517. The van der Waals surface area contributed by atoms with E-state index in [1.165, 1.54) is 0 Å². The van der Waals surface area contributed by atoms with Gasteiger partial charge in [0.05, 0.1) is 19.1 Å². The lowest BCUT2D eigenvalue weighted by atomic mass is 10.0. The van der Waals surface area contributed by atoms with Gasteiger partial charge in [-0.3, -0.25) is 4.79 Å². The molecule has 2 aliphatic heterocycles. The van der Waals surface area contributed by atoms with Crippen LogP contribution in [0.1, 0.15) is 24.8 Å². The van der Waals surface area contributed by atoms with Crippen LogP contribution in [0.3, 0.4) is 0 Å². The van der Waals surface area contributed by atoms with Gasteiger partial charge in [-0.1, -0.05) is 29.8 Å². The minimum Gasteiger partial charge on any atom is -0.375 e. The Morgan fingerprint density at radius 2 is 2.27 bits per heavy atom. The van der Waals surface area contributed by atoms with Gasteiger partial charge in [0.25, 0.3) is 0 Å². The summed E-state index contributed by atoms with van der Waals surface area (Å²) in [6.45, 7) is 3.20. The molecule has 1 N–H and O–H groups in total. The third-order valence-corrected chi connectivity index (χ3v) is 4.89. The molecule has 0 bridgehead atoms. The van der Waals surface area contributed by atoms with Crippen molar-refractivity contribution in [1.82, 2.24) is 10.2 Å². The number of carbonyl (C=O) groups is 1. The standard InChI is InChI=1S/C17H23ClN2O2/c18-16-6-2-1-4-13(16)10-14-5-3-8-20(14)17(21)11-15-12-19-7-9-22-15/h1-2,4,6,14-15,19H,3,5,7-12H2/t14-,15+/m0/s1. The Balaban J connectivity index is 1.60. The molecular formula is C17H23ClN2O2. The molecule has 4 nitrogen and oxygen atoms in total. The van der Waals surface area contributed by atoms with Crippen LogP contribution < -0.4 is 5.32 Å². The molecule has 0 aromatic heterocycles. The van der Waals surface area contributed by atoms with Gasteiger partial charge in [0.2, 0.25) is 5.91 Å². The second kappa shape index (κ2) is 7.44. The van der Waals surface area contributed by atoms with Crippen LogP contribution in [0.5, 0.6) is 0 Å². The molecule has 0 spiro atoms. The SMILES string of the molecule is O=C(C[C@@H]1CNCCO1)N1CCC[C@H]1Cc1ccccc1Cl. The maximum atomic E-state index is 12.6. The van der Waals surface area contributed by atoms with Crippen molar-refractivity contribution in [3.63, 3.8) is 0 Å². The number of benzene rings is 1. The molecule has 3 rings (SSSR count). The van der Waals surface area contributed by atoms with Crippen molar-refractivity contribution in [2.75, 3.05) is 26.2 Å². The van der Waals surface area contributed by atoms with Gasteiger partial charge in [-0.05, 0) is 30.9 Å². The van der Waals surface area contributed by atoms with E-state index in [1.54, 1.807) is 0 Å². The van der Waals surface area contributed by atoms with Crippen molar-refractivity contribution in [2.24, 2.45) is 0 Å². The van der Waals surface area contributed by atoms with Gasteiger partial charge in [-0.25, -0.2) is 0 Å². The third kappa shape index (κ3) is 3.80. The molecule has 120 valence electrons. The number of carbonyl (C=O) groups excluding carboxylic acids is 1. The number of amides is 1. The van der Waals surface area contributed by atoms with E-state index in [-0.39, 0.29) is 18.1 Å². The zero-order chi connectivity index (χ0) is 15.4. The normalized spacial score (nSPS) is 25.4. The monoisotopic (exact) mass is 322 g/mol. The van der Waals surface area contributed by atoms with E-state index < -0.39 is 0 Å². The Morgan fingerprint density at radius 1 is 1.41 bits per heavy atom. The highest BCUT2D eigenvalue weighted by atomic mass is 35.5. The van der Waals surface area contributed by atoms with Crippen LogP contribution in [-0.4, -0.2) is 49.2 Å². The lowest BCUT2D eigenvalue weighted by molar-refractivity contribution is -0.135. The fourth-order valence-electron chi connectivity index (χ4n) is 3.36. The van der Waals surface area contributed by atoms with Gasteiger partial charge in [0.1, 0.15) is 0 Å². The first-order valence-electron chi connectivity index (χ1n) is 8.09. The quantitative estimate of drug-likeness (QED) is 0.924. The van der Waals surface area contributed by atoms with Crippen molar-refractivity contribution in [3.8, 4) is 0 Å². The highest BCUT2D eigenvalue weighted by Gasteiger charge is 2.30. The third-order valence-electron chi connectivity index (χ3n) is 4.52. The van der Waals surface area contributed by atoms with Crippen LogP contribution >= 0.6 is 11.6 Å². The van der Waals surface area contributed by atoms with Gasteiger partial charge >= 0.3 is 0 Å². The average Bonchev–Trinajstić information content (AvgIpc) is 2.99. The second-order valence-corrected chi connectivity index (χ2v) is 6.49. The van der Waals surface area contributed by atoms with Crippen molar-refractivity contribution in [1.29, 1.82) is 0 Å². The van der Waals surface area contributed by atoms with Crippen LogP contribution in [0.2, 0.25) is 5.02 Å². The van der Waals surface area contributed by atoms with Crippen LogP contribution in [-0.2, 0) is 16.0 Å². The minimum atomic E-state index is 0.0165. The number of likely N-dealkylation sites (tertiary alicyclic amines) is 1. The topological polar surface area (TPSA) is 41.6 Å². The maximum Gasteiger partial charge on any atom is 0.225 e. The van der Waals surface area contributed by atoms with E-state index in [0.29, 0.717) is 13.0 Å². The highest BCUT2D eigenvalue weighted by molar-refractivity contribution is 6.31. The lowest BCUT2D eigenvalue weighted by Crippen LogP contribution is -2.44. The molecule has 0 saturated carbocycles. The van der Waals surface area contributed by atoms with Crippen molar-refractivity contribution in [2.45, 2.75) is 37.8 Å². The molecule has 1 aromatic rings. The number of nitrogens with one attached hydrogen (secondary N) is 1. The number of halogens is 1. The first-order valence-corrected chi connectivity index (χ1v) is 8.47. The zero-order valence-electron chi connectivity index (χ0n) is 12.8. The minimum absolute atomic E-state index is 0.0165. The molecule has 2 saturated heterocycles. The Labute approximate surface area is 136 Å². The fourth-order valence-corrected chi connectivity index (χ4v) is 3.57. The van der Waals surface area contributed by atoms with Crippen LogP contribution in [0.4, 0.5) is 0 Å². The summed E-state index contributed by atoms with van der Waals surface area (Å²) in [6.07, 6.45) is 3.47. The molecular weight excluding hydrogens is 300 g/mol. The number of ether oxygens (including phenoxy) is 1. The number of rotatable bonds is 4. The molecule has 2 heterocycles. The number of hydrogen-bond donors (Lipinski definition) is 1. The van der Waals surface area contributed by atoms with E-state index >= 15 is 0 Å². The molecule has 1 aromatic carbocycles. The predicted octanol–water partition coefficient (Wildman–Crippen LogP) is 2.25. The summed E-state index contributed by atoms with van der Waals surface area (Å²) in [5.74, 6) is 0.211. The largest absolute Gasteiger partial charge is 0.375 e. The summed E-state index contributed by atoms with van der Waals surface area (Å²) in [6, 6.07) is 8.18. The summed E-state index contributed by atoms with van der Waals surface area (Å²) >= 11 is 6.25. The molecule has 5 heteroatoms. The van der Waals surface area contributed by atoms with E-state index in [0.717, 1.165) is 49.5 Å². The van der Waals surface area contributed by atoms with E-state index in [4.69, 9.17) is 16.3 Å². The maximum absolute atomic E-state index is 12.6. The predicted molar refractivity (Wildman–Crippen MR) is 87.1 cm³/mol. The van der Waals surface area contributed by atoms with Crippen LogP contribution in [0.15, 0.2) is 24.3 Å². The van der Waals surface area contributed by atoms with Gasteiger partial charge in [-0.2, -0.15) is 0 Å². The molecule has 0 unspecified atom stereocenters. The first-order chi connectivity index (χ1) is 10.7. The van der Waals surface area contributed by atoms with E-state index in [9.17, 15) is 4.79 Å². The average molecular weight is 323 g/mol. The molecule has 1 amide bonds. The summed E-state index contributed by atoms with van der Waals surface area (Å²) in [5.41, 5.74) is 1.13. The van der Waals surface area contributed by atoms with Gasteiger partial charge < -0.3 is 15.0 Å². The van der Waals surface area contributed by atoms with Gasteiger partial charge in [0.15, 0.2) is 0 Å². The zero-order valence-corrected chi connectivity index (χ0v) is 13.5. The number of morpholine rings is 1. The summed E-state index contributed by atoms with van der Waals surface area (Å²) in [5, 5.41) is 4.07. The van der Waals surface area contributed by atoms with E-state index in [1.807, 2.05) is 23.1 Å². The van der Waals surface area contributed by atoms with Gasteiger partial charge in [-0.15, -0.1) is 0 Å². The van der Waals surface area contributed by atoms with Crippen molar-refractivity contribution >= 4 is 17.5 Å². The molecule has 0 aliphatic carbocycles. The van der Waals surface area contributed by atoms with E-state index in [2.05, 4.69) is 11.4 Å². The fraction of sp³-hybridized carbons (Fsp3) is 0.588.